The first-order valence-electron chi connectivity index (χ1n) is 9.75. The summed E-state index contributed by atoms with van der Waals surface area (Å²) in [6, 6.07) is 7.67. The molecule has 0 bridgehead atoms. The van der Waals surface area contributed by atoms with Gasteiger partial charge in [-0.25, -0.2) is 4.68 Å². The third-order valence-electron chi connectivity index (χ3n) is 5.26. The molecule has 1 aliphatic rings. The van der Waals surface area contributed by atoms with Gasteiger partial charge < -0.3 is 0 Å². The molecule has 0 atom stereocenters. The van der Waals surface area contributed by atoms with Gasteiger partial charge in [0.15, 0.2) is 0 Å². The Hall–Kier alpha value is -1.99. The molecule has 0 spiro atoms. The lowest BCUT2D eigenvalue weighted by Gasteiger charge is -2.15. The third kappa shape index (κ3) is 3.58. The summed E-state index contributed by atoms with van der Waals surface area (Å²) in [4.78, 5) is 15.4. The Morgan fingerprint density at radius 3 is 2.74 bits per heavy atom. The molecular formula is C20H27N5OS. The maximum Gasteiger partial charge on any atom is 0.262 e. The number of aromatic nitrogens is 4. The second-order valence-electron chi connectivity index (χ2n) is 8.20. The fraction of sp³-hybridized carbons (Fsp3) is 0.550. The van der Waals surface area contributed by atoms with Crippen LogP contribution in [0.1, 0.15) is 33.1 Å². The molecule has 0 N–H and O–H groups in total. The average Bonchev–Trinajstić information content (AvgIpc) is 3.38. The molecule has 2 aromatic heterocycles. The van der Waals surface area contributed by atoms with Gasteiger partial charge in [0, 0.05) is 13.1 Å². The van der Waals surface area contributed by atoms with Crippen molar-refractivity contribution in [3.63, 3.8) is 0 Å². The molecule has 0 saturated heterocycles. The fourth-order valence-electron chi connectivity index (χ4n) is 3.58. The van der Waals surface area contributed by atoms with Gasteiger partial charge in [-0.2, -0.15) is 0 Å². The number of nitrogens with zero attached hydrogens (tertiary/aromatic N) is 5. The van der Waals surface area contributed by atoms with Crippen molar-refractivity contribution < 1.29 is 0 Å². The lowest BCUT2D eigenvalue weighted by molar-refractivity contribution is 0.243. The first kappa shape index (κ1) is 18.4. The standard InChI is InChI=1S/C20H27N5OS/c1-14(2)10-11-23-18(26)16-6-4-5-7-17(16)25-19(23)21-24(20(25)27)13-22(3)12-15-8-9-15/h4-7,14-15H,8-13H2,1-3H3. The Balaban J connectivity index is 1.86. The van der Waals surface area contributed by atoms with E-state index in [4.69, 9.17) is 17.3 Å². The van der Waals surface area contributed by atoms with Crippen LogP contribution in [0.2, 0.25) is 0 Å². The van der Waals surface area contributed by atoms with Crippen LogP contribution in [0.3, 0.4) is 0 Å². The number of fused-ring (bicyclic) bond motifs is 3. The van der Waals surface area contributed by atoms with E-state index in [-0.39, 0.29) is 5.56 Å². The highest BCUT2D eigenvalue weighted by atomic mass is 32.1. The van der Waals surface area contributed by atoms with Crippen LogP contribution in [0.25, 0.3) is 16.7 Å². The molecule has 144 valence electrons. The van der Waals surface area contributed by atoms with E-state index in [2.05, 4.69) is 25.8 Å². The van der Waals surface area contributed by atoms with Crippen LogP contribution in [0.15, 0.2) is 29.1 Å². The van der Waals surface area contributed by atoms with Gasteiger partial charge in [-0.1, -0.05) is 26.0 Å². The summed E-state index contributed by atoms with van der Waals surface area (Å²) in [5.74, 6) is 1.97. The van der Waals surface area contributed by atoms with E-state index in [1.807, 2.05) is 33.3 Å². The first-order valence-corrected chi connectivity index (χ1v) is 10.2. The maximum atomic E-state index is 13.1. The van der Waals surface area contributed by atoms with Gasteiger partial charge in [-0.15, -0.1) is 5.10 Å². The molecule has 3 aromatic rings. The van der Waals surface area contributed by atoms with Crippen LogP contribution in [-0.4, -0.2) is 37.2 Å². The van der Waals surface area contributed by atoms with E-state index < -0.39 is 0 Å². The normalized spacial score (nSPS) is 14.9. The first-order chi connectivity index (χ1) is 13.0. The summed E-state index contributed by atoms with van der Waals surface area (Å²) in [5.41, 5.74) is 0.844. The summed E-state index contributed by atoms with van der Waals surface area (Å²) >= 11 is 5.76. The van der Waals surface area contributed by atoms with Gasteiger partial charge in [-0.05, 0) is 62.5 Å². The summed E-state index contributed by atoms with van der Waals surface area (Å²) in [5, 5.41) is 5.46. The van der Waals surface area contributed by atoms with Gasteiger partial charge in [0.25, 0.3) is 5.56 Å². The molecule has 1 fully saturated rings. The third-order valence-corrected chi connectivity index (χ3v) is 5.65. The monoisotopic (exact) mass is 385 g/mol. The summed E-state index contributed by atoms with van der Waals surface area (Å²) in [6.07, 6.45) is 3.57. The molecule has 4 rings (SSSR count). The molecule has 1 aromatic carbocycles. The Bertz CT molecular complexity index is 1090. The van der Waals surface area contributed by atoms with Crippen molar-refractivity contribution in [3.05, 3.63) is 39.4 Å². The Morgan fingerprint density at radius 2 is 2.04 bits per heavy atom. The predicted molar refractivity (Wildman–Crippen MR) is 111 cm³/mol. The quantitative estimate of drug-likeness (QED) is 0.584. The van der Waals surface area contributed by atoms with Gasteiger partial charge in [-0.3, -0.25) is 18.7 Å². The van der Waals surface area contributed by atoms with Crippen molar-refractivity contribution in [1.29, 1.82) is 0 Å². The van der Waals surface area contributed by atoms with Gasteiger partial charge in [0.2, 0.25) is 10.5 Å². The van der Waals surface area contributed by atoms with E-state index in [9.17, 15) is 4.79 Å². The van der Waals surface area contributed by atoms with Crippen LogP contribution in [0, 0.1) is 16.6 Å². The molecule has 1 aliphatic carbocycles. The summed E-state index contributed by atoms with van der Waals surface area (Å²) in [7, 11) is 2.11. The van der Waals surface area contributed by atoms with Crippen molar-refractivity contribution in [2.75, 3.05) is 13.6 Å². The van der Waals surface area contributed by atoms with Crippen molar-refractivity contribution in [3.8, 4) is 0 Å². The van der Waals surface area contributed by atoms with Crippen LogP contribution in [0.5, 0.6) is 0 Å². The molecule has 1 saturated carbocycles. The molecule has 0 aliphatic heterocycles. The highest BCUT2D eigenvalue weighted by Crippen LogP contribution is 2.29. The summed E-state index contributed by atoms with van der Waals surface area (Å²) in [6.45, 7) is 6.69. The number of hydrogen-bond acceptors (Lipinski definition) is 4. The molecule has 2 heterocycles. The molecule has 0 unspecified atom stereocenters. The van der Waals surface area contributed by atoms with Crippen molar-refractivity contribution in [1.82, 2.24) is 23.6 Å². The molecule has 7 heteroatoms. The number of aryl methyl sites for hydroxylation is 1. The van der Waals surface area contributed by atoms with Gasteiger partial charge >= 0.3 is 0 Å². The Morgan fingerprint density at radius 1 is 1.30 bits per heavy atom. The minimum atomic E-state index is 0.0113. The number of benzene rings is 1. The number of hydrogen-bond donors (Lipinski definition) is 0. The Kier molecular flexibility index (Phi) is 4.90. The van der Waals surface area contributed by atoms with Gasteiger partial charge in [0.1, 0.15) is 0 Å². The van der Waals surface area contributed by atoms with Gasteiger partial charge in [0.05, 0.1) is 17.6 Å². The fourth-order valence-corrected chi connectivity index (χ4v) is 3.85. The zero-order chi connectivity index (χ0) is 19.1. The highest BCUT2D eigenvalue weighted by molar-refractivity contribution is 7.71. The average molecular weight is 386 g/mol. The van der Waals surface area contributed by atoms with Crippen molar-refractivity contribution in [2.45, 2.75) is 46.3 Å². The molecule has 27 heavy (non-hydrogen) atoms. The maximum absolute atomic E-state index is 13.1. The lowest BCUT2D eigenvalue weighted by atomic mass is 10.1. The second-order valence-corrected chi connectivity index (χ2v) is 8.56. The zero-order valence-corrected chi connectivity index (χ0v) is 17.1. The molecule has 6 nitrogen and oxygen atoms in total. The lowest BCUT2D eigenvalue weighted by Crippen LogP contribution is -2.25. The molecular weight excluding hydrogens is 358 g/mol. The minimum absolute atomic E-state index is 0.0113. The van der Waals surface area contributed by atoms with Crippen molar-refractivity contribution >= 4 is 28.9 Å². The van der Waals surface area contributed by atoms with Crippen molar-refractivity contribution in [2.24, 2.45) is 11.8 Å². The van der Waals surface area contributed by atoms with Crippen LogP contribution < -0.4 is 5.56 Å². The van der Waals surface area contributed by atoms with E-state index in [0.29, 0.717) is 35.1 Å². The van der Waals surface area contributed by atoms with Crippen LogP contribution in [-0.2, 0) is 13.2 Å². The number of para-hydroxylation sites is 1. The van der Waals surface area contributed by atoms with E-state index in [1.165, 1.54) is 12.8 Å². The highest BCUT2D eigenvalue weighted by Gasteiger charge is 2.23. The Labute approximate surface area is 164 Å². The van der Waals surface area contributed by atoms with E-state index in [0.717, 1.165) is 24.4 Å². The largest absolute Gasteiger partial charge is 0.287 e. The smallest absolute Gasteiger partial charge is 0.262 e. The van der Waals surface area contributed by atoms with E-state index >= 15 is 0 Å². The summed E-state index contributed by atoms with van der Waals surface area (Å²) < 4.78 is 6.24. The zero-order valence-electron chi connectivity index (χ0n) is 16.3. The molecule has 0 radical (unpaired) electrons. The van der Waals surface area contributed by atoms with Crippen LogP contribution >= 0.6 is 12.2 Å². The number of rotatable bonds is 7. The minimum Gasteiger partial charge on any atom is -0.287 e. The topological polar surface area (TPSA) is 47.5 Å². The second kappa shape index (κ2) is 7.20. The van der Waals surface area contributed by atoms with E-state index in [1.54, 1.807) is 4.57 Å². The SMILES string of the molecule is CC(C)CCn1c(=O)c2ccccc2n2c(=S)n(CN(C)CC3CC3)nc12. The van der Waals surface area contributed by atoms with Crippen LogP contribution in [0.4, 0.5) is 0 Å². The predicted octanol–water partition coefficient (Wildman–Crippen LogP) is 3.53. The molecule has 0 amide bonds.